The molecule has 39 heavy (non-hydrogen) atoms. The molecule has 10 nitrogen and oxygen atoms in total. The summed E-state index contributed by atoms with van der Waals surface area (Å²) in [7, 11) is 1.21. The Morgan fingerprint density at radius 1 is 1.21 bits per heavy atom. The number of anilines is 2. The van der Waals surface area contributed by atoms with E-state index in [9.17, 15) is 22.4 Å². The van der Waals surface area contributed by atoms with Gasteiger partial charge in [0.05, 0.1) is 43.1 Å². The molecule has 5 rings (SSSR count). The number of carbonyl (C=O) groups excluding carboxylic acids is 1. The molecule has 1 aliphatic rings. The highest BCUT2D eigenvalue weighted by atomic mass is 19.3. The summed E-state index contributed by atoms with van der Waals surface area (Å²) in [6.45, 7) is 0.115. The van der Waals surface area contributed by atoms with Crippen molar-refractivity contribution in [1.29, 1.82) is 0 Å². The van der Waals surface area contributed by atoms with E-state index in [4.69, 9.17) is 17.6 Å². The molecule has 4 heterocycles. The van der Waals surface area contributed by atoms with Crippen molar-refractivity contribution in [3.05, 3.63) is 54.2 Å². The second-order valence-electron chi connectivity index (χ2n) is 9.24. The van der Waals surface area contributed by atoms with Gasteiger partial charge in [-0.25, -0.2) is 32.5 Å². The first-order chi connectivity index (χ1) is 18.9. The maximum absolute atomic E-state index is 14.9. The topological polar surface area (TPSA) is 138 Å². The van der Waals surface area contributed by atoms with Crippen molar-refractivity contribution in [2.45, 2.75) is 31.3 Å². The van der Waals surface area contributed by atoms with Gasteiger partial charge in [0.15, 0.2) is 23.0 Å². The van der Waals surface area contributed by atoms with Gasteiger partial charge < -0.3 is 25.7 Å². The van der Waals surface area contributed by atoms with Crippen molar-refractivity contribution < 1.29 is 28.5 Å². The van der Waals surface area contributed by atoms with Gasteiger partial charge in [-0.05, 0) is 30.5 Å². The van der Waals surface area contributed by atoms with Gasteiger partial charge in [-0.2, -0.15) is 0 Å². The largest absolute Gasteiger partial charge is 0.494 e. The fraction of sp³-hybridized carbons (Fsp3) is 0.320. The molecule has 1 aromatic carbocycles. The van der Waals surface area contributed by atoms with Crippen LogP contribution in [0.15, 0.2) is 37.1 Å². The smallest absolute Gasteiger partial charge is 0.297 e. The Labute approximate surface area is 221 Å². The van der Waals surface area contributed by atoms with Gasteiger partial charge in [-0.1, -0.05) is 0 Å². The lowest BCUT2D eigenvalue weighted by Gasteiger charge is -2.40. The van der Waals surface area contributed by atoms with Crippen LogP contribution in [0.3, 0.4) is 0 Å². The first-order valence-electron chi connectivity index (χ1n) is 12.3. The maximum atomic E-state index is 14.9. The number of nitrogens with two attached hydrogens (primary N) is 2. The van der Waals surface area contributed by atoms with E-state index < -0.39 is 29.4 Å². The Kier molecular flexibility index (Phi) is 6.46. The predicted molar refractivity (Wildman–Crippen MR) is 134 cm³/mol. The summed E-state index contributed by atoms with van der Waals surface area (Å²) in [4.78, 5) is 30.7. The van der Waals surface area contributed by atoms with Gasteiger partial charge in [0.1, 0.15) is 19.0 Å². The van der Waals surface area contributed by atoms with Gasteiger partial charge in [0, 0.05) is 24.7 Å². The second-order valence-corrected chi connectivity index (χ2v) is 9.24. The molecule has 0 amide bonds. The number of fused-ring (bicyclic) bond motifs is 1. The Hall–Kier alpha value is -4.33. The van der Waals surface area contributed by atoms with Crippen LogP contribution in [-0.2, 0) is 11.3 Å². The molecule has 1 saturated heterocycles. The van der Waals surface area contributed by atoms with E-state index in [2.05, 4.69) is 19.9 Å². The molecule has 14 heteroatoms. The number of imidazole rings is 1. The Morgan fingerprint density at radius 2 is 2.00 bits per heavy atom. The molecule has 0 aliphatic carbocycles. The number of hydrogen-bond donors (Lipinski definition) is 2. The number of piperidine rings is 1. The highest BCUT2D eigenvalue weighted by Gasteiger charge is 2.43. The summed E-state index contributed by atoms with van der Waals surface area (Å²) < 4.78 is 70.1. The number of rotatable bonds is 7. The van der Waals surface area contributed by atoms with E-state index in [1.54, 1.807) is 9.47 Å². The van der Waals surface area contributed by atoms with Crippen molar-refractivity contribution in [3.63, 3.8) is 0 Å². The number of ketones is 1. The summed E-state index contributed by atoms with van der Waals surface area (Å²) in [6.07, 6.45) is 0.0227. The first kappa shape index (κ1) is 25.0. The van der Waals surface area contributed by atoms with Crippen molar-refractivity contribution in [3.8, 4) is 17.0 Å². The number of nitrogen functional groups attached to an aromatic ring is 1. The van der Waals surface area contributed by atoms with Crippen molar-refractivity contribution in [2.75, 3.05) is 30.8 Å². The lowest BCUT2D eigenvalue weighted by atomic mass is 9.85. The van der Waals surface area contributed by atoms with Crippen molar-refractivity contribution in [2.24, 2.45) is 5.73 Å². The summed E-state index contributed by atoms with van der Waals surface area (Å²) in [5.41, 5.74) is 11.6. The molecular formula is C25H24F4N8O2. The zero-order chi connectivity index (χ0) is 28.8. The minimum absolute atomic E-state index is 0.0314. The molecule has 1 fully saturated rings. The van der Waals surface area contributed by atoms with Crippen LogP contribution >= 0.6 is 0 Å². The SMILES string of the molecule is [2H]C(F)(F)C(=O)[C@@]1(N)CCCN(c2cnc(-c3cc(F)c(OC)cc3F)cc2Cn2cnc3c(N)ncnc32)C1. The standard InChI is InChI=1S/C25H24F4N8O2/c1-39-19-7-15(26)14(6-16(19)27)17-5-13(9-37-12-35-20-23(30)33-11-34-24(20)37)18(8-32-17)36-4-2-3-25(31,10-36)21(38)22(28)29/h5-8,11-12,22H,2-4,9-10,31H2,1H3,(H2,30,33,34)/t25-/m1/s1/i22D. The number of benzene rings is 1. The van der Waals surface area contributed by atoms with Gasteiger partial charge in [-0.3, -0.25) is 9.78 Å². The van der Waals surface area contributed by atoms with Gasteiger partial charge in [0.25, 0.3) is 6.40 Å². The van der Waals surface area contributed by atoms with E-state index >= 15 is 0 Å². The number of carbonyl (C=O) groups is 1. The third kappa shape index (κ3) is 4.82. The molecule has 0 unspecified atom stereocenters. The summed E-state index contributed by atoms with van der Waals surface area (Å²) in [5, 5.41) is 0. The Morgan fingerprint density at radius 3 is 2.74 bits per heavy atom. The molecule has 1 atom stereocenters. The number of pyridine rings is 1. The molecule has 1 aliphatic heterocycles. The quantitative estimate of drug-likeness (QED) is 0.336. The van der Waals surface area contributed by atoms with E-state index in [1.165, 1.54) is 32.0 Å². The summed E-state index contributed by atoms with van der Waals surface area (Å²) in [5.74, 6) is -3.37. The molecule has 0 radical (unpaired) electrons. The van der Waals surface area contributed by atoms with Gasteiger partial charge >= 0.3 is 0 Å². The predicted octanol–water partition coefficient (Wildman–Crippen LogP) is 2.94. The van der Waals surface area contributed by atoms with Crippen LogP contribution in [0.25, 0.3) is 22.4 Å². The second kappa shape index (κ2) is 10.1. The number of Topliss-reactive ketones (excluding diaryl/α,β-unsaturated/α-hetero) is 1. The number of methoxy groups -OCH3 is 1. The minimum Gasteiger partial charge on any atom is -0.494 e. The number of hydrogen-bond acceptors (Lipinski definition) is 9. The van der Waals surface area contributed by atoms with E-state index in [-0.39, 0.29) is 48.8 Å². The molecule has 0 saturated carbocycles. The average molecular weight is 546 g/mol. The van der Waals surface area contributed by atoms with E-state index in [0.29, 0.717) is 29.0 Å². The fourth-order valence-electron chi connectivity index (χ4n) is 4.79. The molecule has 0 bridgehead atoms. The number of aromatic nitrogens is 5. The van der Waals surface area contributed by atoms with Crippen molar-refractivity contribution in [1.82, 2.24) is 24.5 Å². The Bertz CT molecular complexity index is 1610. The van der Waals surface area contributed by atoms with Crippen LogP contribution < -0.4 is 21.1 Å². The molecule has 0 spiro atoms. The Balaban J connectivity index is 1.60. The third-order valence-corrected chi connectivity index (χ3v) is 6.74. The van der Waals surface area contributed by atoms with Gasteiger partial charge in [0.2, 0.25) is 5.78 Å². The molecule has 4 aromatic rings. The normalized spacial score (nSPS) is 18.3. The van der Waals surface area contributed by atoms with Crippen LogP contribution in [-0.4, -0.2) is 62.4 Å². The minimum atomic E-state index is -4.35. The number of halogens is 4. The van der Waals surface area contributed by atoms with Crippen LogP contribution in [0.1, 0.15) is 19.8 Å². The molecule has 3 aromatic heterocycles. The van der Waals surface area contributed by atoms with Crippen LogP contribution in [0, 0.1) is 11.6 Å². The van der Waals surface area contributed by atoms with Gasteiger partial charge in [-0.15, -0.1) is 0 Å². The van der Waals surface area contributed by atoms with Crippen LogP contribution in [0.2, 0.25) is 0 Å². The third-order valence-electron chi connectivity index (χ3n) is 6.74. The average Bonchev–Trinajstić information content (AvgIpc) is 3.32. The summed E-state index contributed by atoms with van der Waals surface area (Å²) >= 11 is 0. The molecule has 204 valence electrons. The van der Waals surface area contributed by atoms with E-state index in [1.807, 2.05) is 0 Å². The zero-order valence-corrected chi connectivity index (χ0v) is 20.7. The number of nitrogens with zero attached hydrogens (tertiary/aromatic N) is 6. The summed E-state index contributed by atoms with van der Waals surface area (Å²) in [6, 6.07) is 3.38. The maximum Gasteiger partial charge on any atom is 0.297 e. The lowest BCUT2D eigenvalue weighted by Crippen LogP contribution is -2.61. The number of alkyl halides is 2. The van der Waals surface area contributed by atoms with E-state index in [0.717, 1.165) is 12.1 Å². The number of ether oxygens (including phenoxy) is 1. The molecule has 4 N–H and O–H groups in total. The van der Waals surface area contributed by atoms with Crippen LogP contribution in [0.4, 0.5) is 29.1 Å². The first-order valence-corrected chi connectivity index (χ1v) is 11.8. The highest BCUT2D eigenvalue weighted by Crippen LogP contribution is 2.34. The van der Waals surface area contributed by atoms with Crippen LogP contribution in [0.5, 0.6) is 5.75 Å². The molecular weight excluding hydrogens is 520 g/mol. The lowest BCUT2D eigenvalue weighted by molar-refractivity contribution is -0.135. The monoisotopic (exact) mass is 545 g/mol. The van der Waals surface area contributed by atoms with Crippen molar-refractivity contribution >= 4 is 28.5 Å². The highest BCUT2D eigenvalue weighted by molar-refractivity contribution is 5.92. The fourth-order valence-corrected chi connectivity index (χ4v) is 4.79. The zero-order valence-electron chi connectivity index (χ0n) is 21.7.